The van der Waals surface area contributed by atoms with E-state index in [1.807, 2.05) is 36.4 Å². The monoisotopic (exact) mass is 462 g/mol. The first-order valence-electron chi connectivity index (χ1n) is 12.8. The maximum Gasteiger partial charge on any atom is 0.119 e. The molecule has 2 heteroatoms. The molecule has 176 valence electrons. The van der Waals surface area contributed by atoms with Crippen LogP contribution in [0.2, 0.25) is 0 Å². The Morgan fingerprint density at radius 1 is 0.545 bits per heavy atom. The molecular formula is C31H39ClO. The third-order valence-corrected chi connectivity index (χ3v) is 7.02. The number of alkyl halides is 1. The van der Waals surface area contributed by atoms with Gasteiger partial charge in [0.25, 0.3) is 0 Å². The summed E-state index contributed by atoms with van der Waals surface area (Å²) in [6, 6.07) is 28.9. The van der Waals surface area contributed by atoms with E-state index in [9.17, 15) is 0 Å². The number of rotatable bonds is 15. The van der Waals surface area contributed by atoms with Crippen molar-refractivity contribution in [1.82, 2.24) is 0 Å². The van der Waals surface area contributed by atoms with E-state index in [0.717, 1.165) is 35.5 Å². The van der Waals surface area contributed by atoms with Crippen LogP contribution >= 0.6 is 11.6 Å². The Kier molecular flexibility index (Phi) is 10.8. The third kappa shape index (κ3) is 7.64. The van der Waals surface area contributed by atoms with E-state index in [1.165, 1.54) is 57.8 Å². The predicted octanol–water partition coefficient (Wildman–Crippen LogP) is 9.52. The summed E-state index contributed by atoms with van der Waals surface area (Å²) in [5.74, 6) is 0.912. The molecule has 0 aliphatic carbocycles. The summed E-state index contributed by atoms with van der Waals surface area (Å²) >= 11 is 7.35. The van der Waals surface area contributed by atoms with Crippen LogP contribution in [0.1, 0.15) is 87.8 Å². The van der Waals surface area contributed by atoms with Crippen molar-refractivity contribution in [3.8, 4) is 5.75 Å². The quantitative estimate of drug-likeness (QED) is 0.124. The number of hydrogen-bond donors (Lipinski definition) is 0. The van der Waals surface area contributed by atoms with Crippen LogP contribution in [-0.2, 0) is 4.87 Å². The molecule has 0 aliphatic rings. The van der Waals surface area contributed by atoms with Gasteiger partial charge in [0.05, 0.1) is 6.61 Å². The standard InChI is InChI=1S/C31H39ClO/c1-2-3-4-5-6-7-8-9-10-17-26-33-30-24-22-29(23-25-30)31(32,27-18-13-11-14-19-27)28-20-15-12-16-21-28/h11-16,18-25H,2-10,17,26H2,1H3. The van der Waals surface area contributed by atoms with Gasteiger partial charge in [-0.3, -0.25) is 0 Å². The van der Waals surface area contributed by atoms with Crippen LogP contribution in [-0.4, -0.2) is 6.61 Å². The van der Waals surface area contributed by atoms with Crippen molar-refractivity contribution in [2.45, 2.75) is 76.0 Å². The molecule has 0 heterocycles. The third-order valence-electron chi connectivity index (χ3n) is 6.36. The lowest BCUT2D eigenvalue weighted by atomic mass is 9.84. The minimum absolute atomic E-state index is 0.725. The highest BCUT2D eigenvalue weighted by Gasteiger charge is 2.33. The van der Waals surface area contributed by atoms with Gasteiger partial charge in [0, 0.05) is 0 Å². The summed E-state index contributed by atoms with van der Waals surface area (Å²) in [4.78, 5) is -0.725. The molecule has 33 heavy (non-hydrogen) atoms. The molecule has 0 saturated carbocycles. The molecule has 0 fully saturated rings. The molecule has 1 nitrogen and oxygen atoms in total. The average Bonchev–Trinajstić information content (AvgIpc) is 2.88. The lowest BCUT2D eigenvalue weighted by molar-refractivity contribution is 0.304. The van der Waals surface area contributed by atoms with E-state index < -0.39 is 4.87 Å². The number of ether oxygens (including phenoxy) is 1. The molecule has 0 bridgehead atoms. The molecule has 3 aromatic carbocycles. The van der Waals surface area contributed by atoms with E-state index in [-0.39, 0.29) is 0 Å². The fourth-order valence-corrected chi connectivity index (χ4v) is 4.77. The number of benzene rings is 3. The van der Waals surface area contributed by atoms with Gasteiger partial charge in [0.1, 0.15) is 10.6 Å². The molecule has 0 unspecified atom stereocenters. The summed E-state index contributed by atoms with van der Waals surface area (Å²) in [7, 11) is 0. The number of halogens is 1. The van der Waals surface area contributed by atoms with Crippen LogP contribution in [0.3, 0.4) is 0 Å². The summed E-state index contributed by atoms with van der Waals surface area (Å²) in [6.45, 7) is 3.05. The molecule has 0 radical (unpaired) electrons. The molecule has 0 atom stereocenters. The maximum atomic E-state index is 7.35. The zero-order valence-corrected chi connectivity index (χ0v) is 20.9. The zero-order chi connectivity index (χ0) is 23.2. The highest BCUT2D eigenvalue weighted by atomic mass is 35.5. The van der Waals surface area contributed by atoms with Crippen LogP contribution in [0.4, 0.5) is 0 Å². The predicted molar refractivity (Wildman–Crippen MR) is 142 cm³/mol. The van der Waals surface area contributed by atoms with Crippen molar-refractivity contribution < 1.29 is 4.74 Å². The number of unbranched alkanes of at least 4 members (excludes halogenated alkanes) is 9. The first kappa shape index (κ1) is 25.4. The van der Waals surface area contributed by atoms with Gasteiger partial charge in [0.2, 0.25) is 0 Å². The summed E-state index contributed by atoms with van der Waals surface area (Å²) < 4.78 is 6.01. The van der Waals surface area contributed by atoms with Crippen LogP contribution in [0.15, 0.2) is 84.9 Å². The zero-order valence-electron chi connectivity index (χ0n) is 20.1. The molecule has 3 rings (SSSR count). The highest BCUT2D eigenvalue weighted by molar-refractivity contribution is 6.28. The van der Waals surface area contributed by atoms with E-state index in [4.69, 9.17) is 16.3 Å². The van der Waals surface area contributed by atoms with Crippen molar-refractivity contribution in [2.75, 3.05) is 6.61 Å². The second-order valence-electron chi connectivity index (χ2n) is 8.95. The fourth-order valence-electron chi connectivity index (χ4n) is 4.40. The molecule has 3 aromatic rings. The Morgan fingerprint density at radius 2 is 0.970 bits per heavy atom. The first-order valence-corrected chi connectivity index (χ1v) is 13.2. The van der Waals surface area contributed by atoms with Crippen LogP contribution in [0.25, 0.3) is 0 Å². The van der Waals surface area contributed by atoms with Gasteiger partial charge < -0.3 is 4.74 Å². The van der Waals surface area contributed by atoms with Gasteiger partial charge in [-0.05, 0) is 35.2 Å². The molecule has 0 aliphatic heterocycles. The van der Waals surface area contributed by atoms with Crippen LogP contribution in [0, 0.1) is 0 Å². The van der Waals surface area contributed by atoms with Crippen LogP contribution in [0.5, 0.6) is 5.75 Å². The van der Waals surface area contributed by atoms with Gasteiger partial charge >= 0.3 is 0 Å². The molecule has 0 amide bonds. The Labute approximate surface area is 206 Å². The van der Waals surface area contributed by atoms with Gasteiger partial charge in [0.15, 0.2) is 0 Å². The summed E-state index contributed by atoms with van der Waals surface area (Å²) in [5, 5.41) is 0. The Morgan fingerprint density at radius 3 is 1.45 bits per heavy atom. The minimum atomic E-state index is -0.725. The van der Waals surface area contributed by atoms with Gasteiger partial charge in [-0.15, -0.1) is 11.6 Å². The molecule has 0 spiro atoms. The molecular weight excluding hydrogens is 424 g/mol. The van der Waals surface area contributed by atoms with Gasteiger partial charge in [-0.1, -0.05) is 138 Å². The van der Waals surface area contributed by atoms with Crippen molar-refractivity contribution >= 4 is 11.6 Å². The first-order chi connectivity index (χ1) is 16.2. The van der Waals surface area contributed by atoms with Crippen molar-refractivity contribution in [3.05, 3.63) is 102 Å². The lowest BCUT2D eigenvalue weighted by Gasteiger charge is -2.29. The Hall–Kier alpha value is -2.25. The Bertz CT molecular complexity index is 850. The summed E-state index contributed by atoms with van der Waals surface area (Å²) in [6.07, 6.45) is 13.4. The van der Waals surface area contributed by atoms with Crippen molar-refractivity contribution in [2.24, 2.45) is 0 Å². The SMILES string of the molecule is CCCCCCCCCCCCOc1ccc(C(Cl)(c2ccccc2)c2ccccc2)cc1. The second kappa shape index (κ2) is 14.1. The van der Waals surface area contributed by atoms with E-state index in [0.29, 0.717) is 0 Å². The molecule has 0 N–H and O–H groups in total. The van der Waals surface area contributed by atoms with Crippen molar-refractivity contribution in [1.29, 1.82) is 0 Å². The highest BCUT2D eigenvalue weighted by Crippen LogP contribution is 2.43. The Balaban J connectivity index is 1.49. The normalized spacial score (nSPS) is 11.5. The second-order valence-corrected chi connectivity index (χ2v) is 9.51. The maximum absolute atomic E-state index is 7.35. The molecule has 0 saturated heterocycles. The van der Waals surface area contributed by atoms with Crippen molar-refractivity contribution in [3.63, 3.8) is 0 Å². The van der Waals surface area contributed by atoms with Crippen LogP contribution < -0.4 is 4.74 Å². The average molecular weight is 463 g/mol. The largest absolute Gasteiger partial charge is 0.494 e. The topological polar surface area (TPSA) is 9.23 Å². The van der Waals surface area contributed by atoms with Gasteiger partial charge in [-0.25, -0.2) is 0 Å². The number of hydrogen-bond acceptors (Lipinski definition) is 1. The smallest absolute Gasteiger partial charge is 0.119 e. The summed E-state index contributed by atoms with van der Waals surface area (Å²) in [5.41, 5.74) is 3.18. The fraction of sp³-hybridized carbons (Fsp3) is 0.419. The molecule has 0 aromatic heterocycles. The van der Waals surface area contributed by atoms with E-state index in [2.05, 4.69) is 55.5 Å². The van der Waals surface area contributed by atoms with Gasteiger partial charge in [-0.2, -0.15) is 0 Å². The van der Waals surface area contributed by atoms with E-state index in [1.54, 1.807) is 0 Å². The van der Waals surface area contributed by atoms with E-state index >= 15 is 0 Å². The minimum Gasteiger partial charge on any atom is -0.494 e. The lowest BCUT2D eigenvalue weighted by Crippen LogP contribution is -2.22.